The van der Waals surface area contributed by atoms with Gasteiger partial charge in [0.15, 0.2) is 0 Å². The molecule has 1 fully saturated rings. The smallest absolute Gasteiger partial charge is 0.224 e. The molecule has 1 amide bonds. The second-order valence-corrected chi connectivity index (χ2v) is 4.77. The largest absolute Gasteiger partial charge is 0.324 e. The van der Waals surface area contributed by atoms with Gasteiger partial charge in [-0.05, 0) is 50.0 Å². The van der Waals surface area contributed by atoms with Crippen molar-refractivity contribution in [3.63, 3.8) is 0 Å². The van der Waals surface area contributed by atoms with Crippen LogP contribution in [0.25, 0.3) is 0 Å². The second kappa shape index (κ2) is 6.30. The molecular weight excluding hydrogens is 245 g/mol. The Hall–Kier alpha value is -1.93. The summed E-state index contributed by atoms with van der Waals surface area (Å²) in [5.41, 5.74) is 0.375. The van der Waals surface area contributed by atoms with Crippen molar-refractivity contribution in [1.82, 2.24) is 5.32 Å². The summed E-state index contributed by atoms with van der Waals surface area (Å²) >= 11 is 0. The van der Waals surface area contributed by atoms with Crippen molar-refractivity contribution in [1.29, 1.82) is 5.26 Å². The molecule has 1 aromatic rings. The molecule has 0 spiro atoms. The molecule has 1 heterocycles. The fourth-order valence-electron chi connectivity index (χ4n) is 2.25. The summed E-state index contributed by atoms with van der Waals surface area (Å²) in [6, 6.07) is 5.88. The normalized spacial score (nSPS) is 18.6. The van der Waals surface area contributed by atoms with Crippen LogP contribution in [-0.2, 0) is 4.79 Å². The molecule has 1 atom stereocenters. The number of piperidine rings is 1. The molecule has 5 heteroatoms. The lowest BCUT2D eigenvalue weighted by atomic mass is 9.96. The van der Waals surface area contributed by atoms with Crippen LogP contribution in [-0.4, -0.2) is 19.0 Å². The highest BCUT2D eigenvalue weighted by Crippen LogP contribution is 2.18. The molecule has 19 heavy (non-hydrogen) atoms. The Labute approximate surface area is 111 Å². The summed E-state index contributed by atoms with van der Waals surface area (Å²) in [6.45, 7) is 1.84. The average Bonchev–Trinajstić information content (AvgIpc) is 2.42. The Morgan fingerprint density at radius 1 is 1.58 bits per heavy atom. The highest BCUT2D eigenvalue weighted by Gasteiger charge is 2.17. The Kier molecular flexibility index (Phi) is 4.48. The number of nitriles is 1. The van der Waals surface area contributed by atoms with Crippen LogP contribution in [0.2, 0.25) is 0 Å². The van der Waals surface area contributed by atoms with Gasteiger partial charge in [0.05, 0.1) is 17.3 Å². The quantitative estimate of drug-likeness (QED) is 0.875. The molecule has 4 nitrogen and oxygen atoms in total. The van der Waals surface area contributed by atoms with E-state index >= 15 is 0 Å². The first-order valence-electron chi connectivity index (χ1n) is 6.39. The third-order valence-corrected chi connectivity index (χ3v) is 3.25. The summed E-state index contributed by atoms with van der Waals surface area (Å²) in [7, 11) is 0. The van der Waals surface area contributed by atoms with Crippen molar-refractivity contribution in [3.8, 4) is 6.07 Å². The summed E-state index contributed by atoms with van der Waals surface area (Å²) in [5, 5.41) is 14.4. The lowest BCUT2D eigenvalue weighted by Gasteiger charge is -2.22. The van der Waals surface area contributed by atoms with Crippen LogP contribution in [0.15, 0.2) is 18.2 Å². The Bertz CT molecular complexity index is 504. The molecule has 0 aliphatic carbocycles. The number of benzene rings is 1. The zero-order valence-corrected chi connectivity index (χ0v) is 10.6. The molecule has 100 valence electrons. The number of carbonyl (C=O) groups excluding carboxylic acids is 1. The predicted molar refractivity (Wildman–Crippen MR) is 70.0 cm³/mol. The zero-order chi connectivity index (χ0) is 13.7. The van der Waals surface area contributed by atoms with Gasteiger partial charge in [-0.15, -0.1) is 0 Å². The second-order valence-electron chi connectivity index (χ2n) is 4.77. The minimum absolute atomic E-state index is 0.132. The molecule has 1 aliphatic rings. The zero-order valence-electron chi connectivity index (χ0n) is 10.6. The van der Waals surface area contributed by atoms with Crippen molar-refractivity contribution in [2.75, 3.05) is 18.4 Å². The molecular formula is C14H16FN3O. The van der Waals surface area contributed by atoms with Gasteiger partial charge in [-0.25, -0.2) is 4.39 Å². The highest BCUT2D eigenvalue weighted by atomic mass is 19.1. The minimum Gasteiger partial charge on any atom is -0.324 e. The Morgan fingerprint density at radius 3 is 3.05 bits per heavy atom. The van der Waals surface area contributed by atoms with E-state index in [-0.39, 0.29) is 17.2 Å². The number of hydrogen-bond acceptors (Lipinski definition) is 3. The lowest BCUT2D eigenvalue weighted by molar-refractivity contribution is -0.117. The monoisotopic (exact) mass is 261 g/mol. The van der Waals surface area contributed by atoms with Gasteiger partial charge in [0, 0.05) is 6.42 Å². The van der Waals surface area contributed by atoms with E-state index in [1.807, 2.05) is 6.07 Å². The maximum atomic E-state index is 13.6. The number of amides is 1. The SMILES string of the molecule is N#Cc1ccc(NC(=O)CC2CCCNC2)c(F)c1. The predicted octanol–water partition coefficient (Wildman–Crippen LogP) is 2.03. The van der Waals surface area contributed by atoms with Gasteiger partial charge >= 0.3 is 0 Å². The maximum Gasteiger partial charge on any atom is 0.224 e. The van der Waals surface area contributed by atoms with Gasteiger partial charge < -0.3 is 10.6 Å². The topological polar surface area (TPSA) is 64.9 Å². The summed E-state index contributed by atoms with van der Waals surface area (Å²) in [6.07, 6.45) is 2.49. The van der Waals surface area contributed by atoms with Gasteiger partial charge in [-0.3, -0.25) is 4.79 Å². The molecule has 2 rings (SSSR count). The molecule has 0 bridgehead atoms. The standard InChI is InChI=1S/C14H16FN3O/c15-12-6-10(8-16)3-4-13(12)18-14(19)7-11-2-1-5-17-9-11/h3-4,6,11,17H,1-2,5,7,9H2,(H,18,19). The number of anilines is 1. The van der Waals surface area contributed by atoms with E-state index in [0.29, 0.717) is 12.3 Å². The first kappa shape index (κ1) is 13.5. The fourth-order valence-corrected chi connectivity index (χ4v) is 2.25. The first-order chi connectivity index (χ1) is 9.19. The molecule has 1 saturated heterocycles. The number of nitrogens with one attached hydrogen (secondary N) is 2. The highest BCUT2D eigenvalue weighted by molar-refractivity contribution is 5.91. The van der Waals surface area contributed by atoms with E-state index in [9.17, 15) is 9.18 Å². The molecule has 0 saturated carbocycles. The van der Waals surface area contributed by atoms with Crippen molar-refractivity contribution in [2.24, 2.45) is 5.92 Å². The van der Waals surface area contributed by atoms with Crippen LogP contribution in [0.1, 0.15) is 24.8 Å². The van der Waals surface area contributed by atoms with Crippen molar-refractivity contribution < 1.29 is 9.18 Å². The summed E-state index contributed by atoms with van der Waals surface area (Å²) < 4.78 is 13.6. The van der Waals surface area contributed by atoms with Gasteiger partial charge in [0.1, 0.15) is 5.82 Å². The minimum atomic E-state index is -0.575. The molecule has 1 aliphatic heterocycles. The van der Waals surface area contributed by atoms with Gasteiger partial charge in [0.2, 0.25) is 5.91 Å². The van der Waals surface area contributed by atoms with E-state index < -0.39 is 5.82 Å². The van der Waals surface area contributed by atoms with Gasteiger partial charge in [-0.2, -0.15) is 5.26 Å². The van der Waals surface area contributed by atoms with Crippen LogP contribution in [0.5, 0.6) is 0 Å². The third-order valence-electron chi connectivity index (χ3n) is 3.25. The van der Waals surface area contributed by atoms with Crippen molar-refractivity contribution in [3.05, 3.63) is 29.6 Å². The molecule has 0 aromatic heterocycles. The number of hydrogen-bond donors (Lipinski definition) is 2. The van der Waals surface area contributed by atoms with Crippen LogP contribution in [0.3, 0.4) is 0 Å². The Morgan fingerprint density at radius 2 is 2.42 bits per heavy atom. The molecule has 0 radical (unpaired) electrons. The van der Waals surface area contributed by atoms with Crippen LogP contribution >= 0.6 is 0 Å². The van der Waals surface area contributed by atoms with Crippen LogP contribution in [0, 0.1) is 23.1 Å². The van der Waals surface area contributed by atoms with E-state index in [1.54, 1.807) is 0 Å². The number of carbonyl (C=O) groups is 1. The maximum absolute atomic E-state index is 13.6. The van der Waals surface area contributed by atoms with Crippen LogP contribution < -0.4 is 10.6 Å². The van der Waals surface area contributed by atoms with Gasteiger partial charge in [-0.1, -0.05) is 0 Å². The fraction of sp³-hybridized carbons (Fsp3) is 0.429. The summed E-state index contributed by atoms with van der Waals surface area (Å²) in [5.74, 6) is -0.443. The Balaban J connectivity index is 1.93. The number of nitrogens with zero attached hydrogens (tertiary/aromatic N) is 1. The number of halogens is 1. The number of rotatable bonds is 3. The van der Waals surface area contributed by atoms with E-state index in [0.717, 1.165) is 32.0 Å². The average molecular weight is 261 g/mol. The van der Waals surface area contributed by atoms with E-state index in [4.69, 9.17) is 5.26 Å². The van der Waals surface area contributed by atoms with Crippen molar-refractivity contribution in [2.45, 2.75) is 19.3 Å². The van der Waals surface area contributed by atoms with E-state index in [1.165, 1.54) is 12.1 Å². The van der Waals surface area contributed by atoms with E-state index in [2.05, 4.69) is 10.6 Å². The first-order valence-corrected chi connectivity index (χ1v) is 6.39. The third kappa shape index (κ3) is 3.76. The van der Waals surface area contributed by atoms with Gasteiger partial charge in [0.25, 0.3) is 0 Å². The van der Waals surface area contributed by atoms with Crippen molar-refractivity contribution >= 4 is 11.6 Å². The molecule has 2 N–H and O–H groups in total. The summed E-state index contributed by atoms with van der Waals surface area (Å²) in [4.78, 5) is 11.8. The lowest BCUT2D eigenvalue weighted by Crippen LogP contribution is -2.32. The molecule has 1 aromatic carbocycles. The molecule has 1 unspecified atom stereocenters. The van der Waals surface area contributed by atoms with Crippen LogP contribution in [0.4, 0.5) is 10.1 Å².